The lowest BCUT2D eigenvalue weighted by atomic mass is 9.85. The molecule has 1 saturated heterocycles. The van der Waals surface area contributed by atoms with Crippen LogP contribution in [0.1, 0.15) is 48.8 Å². The van der Waals surface area contributed by atoms with E-state index < -0.39 is 0 Å². The number of hydrogen-bond donors (Lipinski definition) is 0. The number of amides is 1. The topological polar surface area (TPSA) is 47.3 Å². The van der Waals surface area contributed by atoms with Crippen LogP contribution in [0.4, 0.5) is 5.69 Å². The third-order valence-corrected chi connectivity index (χ3v) is 7.44. The van der Waals surface area contributed by atoms with Crippen LogP contribution < -0.4 is 4.90 Å². The molecule has 0 spiro atoms. The molecule has 1 fully saturated rings. The second kappa shape index (κ2) is 8.37. The SMILES string of the molecule is Cc1c(Cl)cccc1N1CSC2=C(C#N)[C@H](c3ccc(C(C)C)cc3)CC(=O)N2C1. The molecule has 6 heteroatoms. The highest BCUT2D eigenvalue weighted by molar-refractivity contribution is 8.03. The Morgan fingerprint density at radius 1 is 1.20 bits per heavy atom. The molecule has 2 aliphatic heterocycles. The number of carbonyl (C=O) groups excluding carboxylic acids is 1. The second-order valence-corrected chi connectivity index (χ2v) is 9.41. The Bertz CT molecular complexity index is 1060. The highest BCUT2D eigenvalue weighted by atomic mass is 35.5. The molecule has 30 heavy (non-hydrogen) atoms. The van der Waals surface area contributed by atoms with E-state index in [0.29, 0.717) is 35.5 Å². The Balaban J connectivity index is 1.65. The zero-order valence-corrected chi connectivity index (χ0v) is 18.9. The lowest BCUT2D eigenvalue weighted by Gasteiger charge is -2.42. The van der Waals surface area contributed by atoms with E-state index in [-0.39, 0.29) is 11.8 Å². The van der Waals surface area contributed by atoms with E-state index in [9.17, 15) is 10.1 Å². The van der Waals surface area contributed by atoms with Gasteiger partial charge in [0.15, 0.2) is 0 Å². The summed E-state index contributed by atoms with van der Waals surface area (Å²) in [7, 11) is 0. The van der Waals surface area contributed by atoms with Crippen LogP contribution in [0.15, 0.2) is 53.1 Å². The number of nitriles is 1. The highest BCUT2D eigenvalue weighted by Crippen LogP contribution is 2.44. The predicted octanol–water partition coefficient (Wildman–Crippen LogP) is 5.99. The molecule has 1 atom stereocenters. The molecule has 0 saturated carbocycles. The van der Waals surface area contributed by atoms with E-state index in [1.165, 1.54) is 5.56 Å². The van der Waals surface area contributed by atoms with Crippen LogP contribution in [0.5, 0.6) is 0 Å². The Morgan fingerprint density at radius 3 is 2.60 bits per heavy atom. The average Bonchev–Trinajstić information content (AvgIpc) is 2.75. The fraction of sp³-hybridized carbons (Fsp3) is 0.333. The minimum Gasteiger partial charge on any atom is -0.343 e. The van der Waals surface area contributed by atoms with Crippen molar-refractivity contribution in [1.29, 1.82) is 5.26 Å². The maximum atomic E-state index is 13.1. The molecule has 0 aromatic heterocycles. The molecule has 0 bridgehead atoms. The quantitative estimate of drug-likeness (QED) is 0.591. The van der Waals surface area contributed by atoms with Gasteiger partial charge in [-0.3, -0.25) is 9.69 Å². The van der Waals surface area contributed by atoms with Gasteiger partial charge in [0, 0.05) is 23.0 Å². The molecule has 0 unspecified atom stereocenters. The van der Waals surface area contributed by atoms with Crippen molar-refractivity contribution >= 4 is 35.0 Å². The number of hydrogen-bond acceptors (Lipinski definition) is 4. The van der Waals surface area contributed by atoms with Crippen LogP contribution in [-0.4, -0.2) is 23.4 Å². The Labute approximate surface area is 187 Å². The molecule has 2 heterocycles. The number of benzene rings is 2. The maximum Gasteiger partial charge on any atom is 0.229 e. The number of nitrogens with zero attached hydrogens (tertiary/aromatic N) is 3. The summed E-state index contributed by atoms with van der Waals surface area (Å²) < 4.78 is 0. The molecule has 0 radical (unpaired) electrons. The number of allylic oxidation sites excluding steroid dienone is 1. The van der Waals surface area contributed by atoms with Gasteiger partial charge < -0.3 is 4.90 Å². The van der Waals surface area contributed by atoms with Gasteiger partial charge in [-0.2, -0.15) is 5.26 Å². The van der Waals surface area contributed by atoms with Crippen molar-refractivity contribution in [3.8, 4) is 6.07 Å². The molecule has 4 rings (SSSR count). The fourth-order valence-electron chi connectivity index (χ4n) is 4.05. The van der Waals surface area contributed by atoms with Crippen molar-refractivity contribution in [3.63, 3.8) is 0 Å². The number of carbonyl (C=O) groups is 1. The van der Waals surface area contributed by atoms with Gasteiger partial charge in [-0.25, -0.2) is 0 Å². The molecule has 1 amide bonds. The number of anilines is 1. The lowest BCUT2D eigenvalue weighted by molar-refractivity contribution is -0.129. The summed E-state index contributed by atoms with van der Waals surface area (Å²) in [5, 5.41) is 11.5. The van der Waals surface area contributed by atoms with Crippen molar-refractivity contribution < 1.29 is 4.79 Å². The standard InChI is InChI=1S/C24H24ClN3OS/c1-15(2)17-7-9-18(10-8-17)19-11-23(29)28-13-27(14-30-24(28)20(19)12-26)22-6-4-5-21(25)16(22)3/h4-10,15,19H,11,13-14H2,1-3H3/t19-/m0/s1. The minimum absolute atomic E-state index is 0.0545. The summed E-state index contributed by atoms with van der Waals surface area (Å²) in [5.41, 5.74) is 5.00. The largest absolute Gasteiger partial charge is 0.343 e. The Kier molecular flexibility index (Phi) is 5.81. The van der Waals surface area contributed by atoms with Crippen LogP contribution in [0.2, 0.25) is 5.02 Å². The number of rotatable bonds is 3. The minimum atomic E-state index is -0.179. The molecule has 2 aliphatic rings. The molecule has 2 aromatic rings. The van der Waals surface area contributed by atoms with Crippen molar-refractivity contribution in [2.45, 2.75) is 39.0 Å². The fourth-order valence-corrected chi connectivity index (χ4v) is 5.38. The summed E-state index contributed by atoms with van der Waals surface area (Å²) in [4.78, 5) is 17.0. The van der Waals surface area contributed by atoms with Crippen LogP contribution in [-0.2, 0) is 4.79 Å². The van der Waals surface area contributed by atoms with Gasteiger partial charge in [0.2, 0.25) is 5.91 Å². The molecular weight excluding hydrogens is 414 g/mol. The first-order chi connectivity index (χ1) is 14.4. The highest BCUT2D eigenvalue weighted by Gasteiger charge is 2.38. The number of thioether (sulfide) groups is 1. The van der Waals surface area contributed by atoms with Gasteiger partial charge >= 0.3 is 0 Å². The molecule has 0 N–H and O–H groups in total. The van der Waals surface area contributed by atoms with E-state index in [1.807, 2.05) is 25.1 Å². The third-order valence-electron chi connectivity index (χ3n) is 5.88. The van der Waals surface area contributed by atoms with Gasteiger partial charge in [0.1, 0.15) is 0 Å². The van der Waals surface area contributed by atoms with Crippen LogP contribution in [0.25, 0.3) is 0 Å². The van der Waals surface area contributed by atoms with Crippen LogP contribution in [0, 0.1) is 18.3 Å². The molecular formula is C24H24ClN3OS. The first-order valence-electron chi connectivity index (χ1n) is 10.1. The lowest BCUT2D eigenvalue weighted by Crippen LogP contribution is -2.47. The monoisotopic (exact) mass is 437 g/mol. The van der Waals surface area contributed by atoms with Gasteiger partial charge in [0.25, 0.3) is 0 Å². The first kappa shape index (κ1) is 20.8. The average molecular weight is 438 g/mol. The Hall–Kier alpha value is -2.42. The summed E-state index contributed by atoms with van der Waals surface area (Å²) in [5.74, 6) is 0.997. The Morgan fingerprint density at radius 2 is 1.93 bits per heavy atom. The van der Waals surface area contributed by atoms with Gasteiger partial charge in [-0.15, -0.1) is 0 Å². The smallest absolute Gasteiger partial charge is 0.229 e. The van der Waals surface area contributed by atoms with Gasteiger partial charge in [-0.05, 0) is 41.7 Å². The van der Waals surface area contributed by atoms with Crippen molar-refractivity contribution in [1.82, 2.24) is 4.90 Å². The van der Waals surface area contributed by atoms with E-state index in [4.69, 9.17) is 11.6 Å². The van der Waals surface area contributed by atoms with E-state index in [2.05, 4.69) is 49.1 Å². The van der Waals surface area contributed by atoms with Crippen molar-refractivity contribution in [2.75, 3.05) is 17.4 Å². The third kappa shape index (κ3) is 3.71. The number of fused-ring (bicyclic) bond motifs is 1. The molecule has 2 aromatic carbocycles. The summed E-state index contributed by atoms with van der Waals surface area (Å²) in [6.07, 6.45) is 0.316. The van der Waals surface area contributed by atoms with Gasteiger partial charge in [-0.1, -0.05) is 67.5 Å². The van der Waals surface area contributed by atoms with Crippen molar-refractivity contribution in [2.24, 2.45) is 0 Å². The summed E-state index contributed by atoms with van der Waals surface area (Å²) in [6.45, 7) is 6.74. The van der Waals surface area contributed by atoms with Crippen LogP contribution >= 0.6 is 23.4 Å². The summed E-state index contributed by atoms with van der Waals surface area (Å²) in [6, 6.07) is 16.6. The first-order valence-corrected chi connectivity index (χ1v) is 11.4. The summed E-state index contributed by atoms with van der Waals surface area (Å²) >= 11 is 7.85. The molecule has 154 valence electrons. The zero-order valence-electron chi connectivity index (χ0n) is 17.4. The molecule has 4 nitrogen and oxygen atoms in total. The van der Waals surface area contributed by atoms with Gasteiger partial charge in [0.05, 0.1) is 29.2 Å². The normalized spacial score (nSPS) is 19.2. The van der Waals surface area contributed by atoms with E-state index in [0.717, 1.165) is 21.8 Å². The predicted molar refractivity (Wildman–Crippen MR) is 123 cm³/mol. The van der Waals surface area contributed by atoms with E-state index >= 15 is 0 Å². The second-order valence-electron chi connectivity index (χ2n) is 8.07. The number of halogens is 1. The van der Waals surface area contributed by atoms with E-state index in [1.54, 1.807) is 16.7 Å². The van der Waals surface area contributed by atoms with Crippen LogP contribution in [0.3, 0.4) is 0 Å². The zero-order chi connectivity index (χ0) is 21.4. The molecule has 0 aliphatic carbocycles. The van der Waals surface area contributed by atoms with Crippen molar-refractivity contribution in [3.05, 3.63) is 74.8 Å². The maximum absolute atomic E-state index is 13.1.